The monoisotopic (exact) mass is 286 g/mol. The van der Waals surface area contributed by atoms with Crippen LogP contribution in [0.1, 0.15) is 13.8 Å². The van der Waals surface area contributed by atoms with E-state index in [2.05, 4.69) is 0 Å². The first-order chi connectivity index (χ1) is 8.47. The molecule has 0 aromatic heterocycles. The maximum absolute atomic E-state index is 12.0. The van der Waals surface area contributed by atoms with Gasteiger partial charge in [-0.3, -0.25) is 4.79 Å². The molecule has 0 atom stereocenters. The van der Waals surface area contributed by atoms with Gasteiger partial charge >= 0.3 is 0 Å². The molecule has 1 amide bonds. The minimum absolute atomic E-state index is 0. The topological polar surface area (TPSA) is 55.6 Å². The predicted octanol–water partition coefficient (Wildman–Crippen LogP) is 1.93. The van der Waals surface area contributed by atoms with Crippen molar-refractivity contribution in [1.29, 1.82) is 0 Å². The fraction of sp³-hybridized carbons (Fsp3) is 0.500. The first-order valence-corrected chi connectivity index (χ1v) is 6.11. The van der Waals surface area contributed by atoms with E-state index in [0.29, 0.717) is 19.7 Å². The molecule has 0 spiro atoms. The number of nitrogens with zero attached hydrogens (tertiary/aromatic N) is 1. The molecule has 0 aliphatic heterocycles. The zero-order valence-electron chi connectivity index (χ0n) is 11.8. The fourth-order valence-electron chi connectivity index (χ4n) is 1.52. The van der Waals surface area contributed by atoms with Crippen LogP contribution >= 0.6 is 12.4 Å². The maximum atomic E-state index is 12.0. The average Bonchev–Trinajstić information content (AvgIpc) is 2.39. The first-order valence-electron chi connectivity index (χ1n) is 6.11. The van der Waals surface area contributed by atoms with E-state index in [4.69, 9.17) is 10.5 Å². The van der Waals surface area contributed by atoms with Gasteiger partial charge < -0.3 is 15.4 Å². The number of carbonyl (C=O) groups excluding carboxylic acids is 1. The maximum Gasteiger partial charge on any atom is 0.229 e. The molecule has 0 aliphatic carbocycles. The van der Waals surface area contributed by atoms with Crippen LogP contribution in [0.5, 0.6) is 5.75 Å². The summed E-state index contributed by atoms with van der Waals surface area (Å²) < 4.78 is 5.55. The summed E-state index contributed by atoms with van der Waals surface area (Å²) in [5, 5.41) is 0. The number of benzene rings is 1. The second-order valence-corrected chi connectivity index (χ2v) is 4.98. The number of para-hydroxylation sites is 1. The zero-order chi connectivity index (χ0) is 13.6. The molecule has 19 heavy (non-hydrogen) atoms. The van der Waals surface area contributed by atoms with Gasteiger partial charge in [0.15, 0.2) is 0 Å². The summed E-state index contributed by atoms with van der Waals surface area (Å²) in [4.78, 5) is 13.7. The Balaban J connectivity index is 0.00000324. The summed E-state index contributed by atoms with van der Waals surface area (Å²) >= 11 is 0. The second kappa shape index (κ2) is 8.02. The molecule has 5 heteroatoms. The standard InChI is InChI=1S/C14H22N2O2.ClH/c1-14(2,11-15)13(17)16(3)9-10-18-12-7-5-4-6-8-12;/h4-8H,9-11,15H2,1-3H3;1H. The van der Waals surface area contributed by atoms with Crippen molar-refractivity contribution < 1.29 is 9.53 Å². The van der Waals surface area contributed by atoms with Gasteiger partial charge in [0.2, 0.25) is 5.91 Å². The minimum atomic E-state index is -0.512. The number of halogens is 1. The lowest BCUT2D eigenvalue weighted by Crippen LogP contribution is -2.44. The molecule has 1 aromatic rings. The summed E-state index contributed by atoms with van der Waals surface area (Å²) in [5.74, 6) is 0.859. The molecule has 1 rings (SSSR count). The van der Waals surface area contributed by atoms with Gasteiger partial charge in [-0.05, 0) is 26.0 Å². The number of likely N-dealkylation sites (N-methyl/N-ethyl adjacent to an activating group) is 1. The molecule has 0 radical (unpaired) electrons. The summed E-state index contributed by atoms with van der Waals surface area (Å²) in [6, 6.07) is 9.56. The van der Waals surface area contributed by atoms with E-state index in [-0.39, 0.29) is 18.3 Å². The van der Waals surface area contributed by atoms with Crippen molar-refractivity contribution in [3.8, 4) is 5.75 Å². The Hall–Kier alpha value is -1.26. The van der Waals surface area contributed by atoms with Gasteiger partial charge in [0.25, 0.3) is 0 Å². The highest BCUT2D eigenvalue weighted by Crippen LogP contribution is 2.16. The summed E-state index contributed by atoms with van der Waals surface area (Å²) in [5.41, 5.74) is 5.07. The van der Waals surface area contributed by atoms with Gasteiger partial charge in [-0.25, -0.2) is 0 Å². The molecule has 2 N–H and O–H groups in total. The first kappa shape index (κ1) is 17.7. The Kier molecular flexibility index (Phi) is 7.49. The van der Waals surface area contributed by atoms with Crippen LogP contribution in [-0.2, 0) is 4.79 Å². The predicted molar refractivity (Wildman–Crippen MR) is 79.7 cm³/mol. The van der Waals surface area contributed by atoms with Crippen molar-refractivity contribution in [2.75, 3.05) is 26.7 Å². The molecule has 0 unspecified atom stereocenters. The van der Waals surface area contributed by atoms with Gasteiger partial charge in [-0.2, -0.15) is 0 Å². The van der Waals surface area contributed by atoms with E-state index >= 15 is 0 Å². The van der Waals surface area contributed by atoms with Crippen LogP contribution in [0.2, 0.25) is 0 Å². The quantitative estimate of drug-likeness (QED) is 0.869. The Bertz CT molecular complexity index is 382. The van der Waals surface area contributed by atoms with E-state index in [1.165, 1.54) is 0 Å². The molecule has 0 fully saturated rings. The van der Waals surface area contributed by atoms with Crippen LogP contribution in [0, 0.1) is 5.41 Å². The van der Waals surface area contributed by atoms with E-state index in [0.717, 1.165) is 5.75 Å². The van der Waals surface area contributed by atoms with Crippen molar-refractivity contribution in [1.82, 2.24) is 4.90 Å². The zero-order valence-corrected chi connectivity index (χ0v) is 12.6. The SMILES string of the molecule is CN(CCOc1ccccc1)C(=O)C(C)(C)CN.Cl. The number of carbonyl (C=O) groups is 1. The van der Waals surface area contributed by atoms with E-state index in [1.807, 2.05) is 44.2 Å². The van der Waals surface area contributed by atoms with Crippen molar-refractivity contribution in [2.45, 2.75) is 13.8 Å². The molecule has 0 bridgehead atoms. The van der Waals surface area contributed by atoms with Crippen LogP contribution in [-0.4, -0.2) is 37.6 Å². The third kappa shape index (κ3) is 5.49. The smallest absolute Gasteiger partial charge is 0.229 e. The molecule has 0 saturated carbocycles. The van der Waals surface area contributed by atoms with E-state index < -0.39 is 5.41 Å². The van der Waals surface area contributed by atoms with E-state index in [9.17, 15) is 4.79 Å². The normalized spacial score (nSPS) is 10.5. The van der Waals surface area contributed by atoms with Crippen LogP contribution in [0.25, 0.3) is 0 Å². The Morgan fingerprint density at radius 3 is 2.42 bits per heavy atom. The number of amides is 1. The fourth-order valence-corrected chi connectivity index (χ4v) is 1.52. The third-order valence-corrected chi connectivity index (χ3v) is 2.87. The molecular formula is C14H23ClN2O2. The van der Waals surface area contributed by atoms with Crippen molar-refractivity contribution in [2.24, 2.45) is 11.1 Å². The minimum Gasteiger partial charge on any atom is -0.492 e. The Labute approximate surface area is 121 Å². The van der Waals surface area contributed by atoms with Gasteiger partial charge in [-0.1, -0.05) is 18.2 Å². The van der Waals surface area contributed by atoms with Gasteiger partial charge in [0.05, 0.1) is 12.0 Å². The lowest BCUT2D eigenvalue weighted by molar-refractivity contribution is -0.138. The number of nitrogens with two attached hydrogens (primary N) is 1. The van der Waals surface area contributed by atoms with E-state index in [1.54, 1.807) is 11.9 Å². The largest absolute Gasteiger partial charge is 0.492 e. The number of rotatable bonds is 6. The van der Waals surface area contributed by atoms with Crippen LogP contribution in [0.15, 0.2) is 30.3 Å². The lowest BCUT2D eigenvalue weighted by atomic mass is 9.92. The summed E-state index contributed by atoms with van der Waals surface area (Å²) in [7, 11) is 1.77. The second-order valence-electron chi connectivity index (χ2n) is 4.98. The molecule has 0 saturated heterocycles. The number of hydrogen-bond donors (Lipinski definition) is 1. The van der Waals surface area contributed by atoms with Crippen molar-refractivity contribution >= 4 is 18.3 Å². The molecule has 1 aromatic carbocycles. The van der Waals surface area contributed by atoms with Crippen molar-refractivity contribution in [3.05, 3.63) is 30.3 Å². The average molecular weight is 287 g/mol. The molecule has 0 heterocycles. The summed E-state index contributed by atoms with van der Waals surface area (Å²) in [6.45, 7) is 5.08. The molecule has 0 aliphatic rings. The van der Waals surface area contributed by atoms with Crippen LogP contribution in [0.4, 0.5) is 0 Å². The van der Waals surface area contributed by atoms with Crippen molar-refractivity contribution in [3.63, 3.8) is 0 Å². The Morgan fingerprint density at radius 1 is 1.32 bits per heavy atom. The molecular weight excluding hydrogens is 264 g/mol. The van der Waals surface area contributed by atoms with Gasteiger partial charge in [-0.15, -0.1) is 12.4 Å². The highest BCUT2D eigenvalue weighted by Gasteiger charge is 2.28. The summed E-state index contributed by atoms with van der Waals surface area (Å²) in [6.07, 6.45) is 0. The van der Waals surface area contributed by atoms with Crippen LogP contribution < -0.4 is 10.5 Å². The Morgan fingerprint density at radius 2 is 1.89 bits per heavy atom. The van der Waals surface area contributed by atoms with Gasteiger partial charge in [0.1, 0.15) is 12.4 Å². The molecule has 108 valence electrons. The van der Waals surface area contributed by atoms with Gasteiger partial charge in [0, 0.05) is 13.6 Å². The lowest BCUT2D eigenvalue weighted by Gasteiger charge is -2.28. The van der Waals surface area contributed by atoms with Crippen LogP contribution in [0.3, 0.4) is 0 Å². The third-order valence-electron chi connectivity index (χ3n) is 2.87. The molecule has 4 nitrogen and oxygen atoms in total. The highest BCUT2D eigenvalue weighted by atomic mass is 35.5. The number of ether oxygens (including phenoxy) is 1. The highest BCUT2D eigenvalue weighted by molar-refractivity contribution is 5.85. The number of hydrogen-bond acceptors (Lipinski definition) is 3.